The number of halogens is 1. The lowest BCUT2D eigenvalue weighted by atomic mass is 10.1. The van der Waals surface area contributed by atoms with Crippen molar-refractivity contribution in [2.75, 3.05) is 12.3 Å². The maximum absolute atomic E-state index is 13.4. The highest BCUT2D eigenvalue weighted by Crippen LogP contribution is 2.29. The van der Waals surface area contributed by atoms with Gasteiger partial charge in [0.1, 0.15) is 5.82 Å². The van der Waals surface area contributed by atoms with E-state index in [0.29, 0.717) is 6.04 Å². The Balaban J connectivity index is 1.97. The van der Waals surface area contributed by atoms with Crippen LogP contribution in [0.5, 0.6) is 0 Å². The normalized spacial score (nSPS) is 15.6. The molecule has 0 radical (unpaired) electrons. The lowest BCUT2D eigenvalue weighted by Crippen LogP contribution is -2.27. The molecule has 0 heterocycles. The molecule has 0 spiro atoms. The van der Waals surface area contributed by atoms with Gasteiger partial charge in [-0.05, 0) is 49.4 Å². The van der Waals surface area contributed by atoms with Crippen LogP contribution < -0.4 is 5.73 Å². The zero-order valence-electron chi connectivity index (χ0n) is 11.3. The van der Waals surface area contributed by atoms with Crippen molar-refractivity contribution in [3.63, 3.8) is 0 Å². The van der Waals surface area contributed by atoms with Crippen molar-refractivity contribution in [2.24, 2.45) is 5.92 Å². The Labute approximate surface area is 109 Å². The standard InChI is InChI=1S/C15H23FN2/c1-11(2)7-8-18(13-4-5-13)10-12-3-6-15(17)14(16)9-12/h3,6,9,11,13H,4-5,7-8,10,17H2,1-2H3. The number of nitrogens with two attached hydrogens (primary N) is 1. The molecule has 1 aliphatic rings. The van der Waals surface area contributed by atoms with Crippen LogP contribution in [0.1, 0.15) is 38.7 Å². The van der Waals surface area contributed by atoms with Gasteiger partial charge in [0, 0.05) is 12.6 Å². The van der Waals surface area contributed by atoms with Crippen LogP contribution in [-0.4, -0.2) is 17.5 Å². The predicted octanol–water partition coefficient (Wildman–Crippen LogP) is 3.42. The Morgan fingerprint density at radius 3 is 2.67 bits per heavy atom. The smallest absolute Gasteiger partial charge is 0.146 e. The second kappa shape index (κ2) is 5.70. The van der Waals surface area contributed by atoms with Gasteiger partial charge in [0.25, 0.3) is 0 Å². The molecule has 1 aliphatic carbocycles. The summed E-state index contributed by atoms with van der Waals surface area (Å²) >= 11 is 0. The SMILES string of the molecule is CC(C)CCN(Cc1ccc(N)c(F)c1)C1CC1. The maximum Gasteiger partial charge on any atom is 0.146 e. The molecule has 0 unspecified atom stereocenters. The molecule has 0 atom stereocenters. The third-order valence-electron chi connectivity index (χ3n) is 3.51. The van der Waals surface area contributed by atoms with E-state index in [-0.39, 0.29) is 11.5 Å². The third-order valence-corrected chi connectivity index (χ3v) is 3.51. The monoisotopic (exact) mass is 250 g/mol. The van der Waals surface area contributed by atoms with Crippen molar-refractivity contribution in [3.8, 4) is 0 Å². The van der Waals surface area contributed by atoms with Gasteiger partial charge in [-0.1, -0.05) is 19.9 Å². The van der Waals surface area contributed by atoms with E-state index in [1.54, 1.807) is 12.1 Å². The highest BCUT2D eigenvalue weighted by atomic mass is 19.1. The minimum absolute atomic E-state index is 0.235. The van der Waals surface area contributed by atoms with Crippen molar-refractivity contribution in [1.29, 1.82) is 0 Å². The highest BCUT2D eigenvalue weighted by molar-refractivity contribution is 5.41. The molecule has 18 heavy (non-hydrogen) atoms. The van der Waals surface area contributed by atoms with Crippen molar-refractivity contribution in [2.45, 2.75) is 45.7 Å². The maximum atomic E-state index is 13.4. The molecule has 1 saturated carbocycles. The number of nitrogen functional groups attached to an aromatic ring is 1. The summed E-state index contributed by atoms with van der Waals surface area (Å²) in [5, 5.41) is 0. The van der Waals surface area contributed by atoms with Gasteiger partial charge in [0.2, 0.25) is 0 Å². The van der Waals surface area contributed by atoms with E-state index < -0.39 is 0 Å². The second-order valence-electron chi connectivity index (χ2n) is 5.74. The lowest BCUT2D eigenvalue weighted by Gasteiger charge is -2.23. The van der Waals surface area contributed by atoms with E-state index >= 15 is 0 Å². The summed E-state index contributed by atoms with van der Waals surface area (Å²) in [7, 11) is 0. The average molecular weight is 250 g/mol. The second-order valence-corrected chi connectivity index (χ2v) is 5.74. The fraction of sp³-hybridized carbons (Fsp3) is 0.600. The van der Waals surface area contributed by atoms with E-state index in [0.717, 1.165) is 24.6 Å². The van der Waals surface area contributed by atoms with Gasteiger partial charge >= 0.3 is 0 Å². The van der Waals surface area contributed by atoms with Crippen molar-refractivity contribution in [1.82, 2.24) is 4.90 Å². The molecular formula is C15H23FN2. The Bertz CT molecular complexity index is 399. The van der Waals surface area contributed by atoms with Crippen LogP contribution in [-0.2, 0) is 6.54 Å². The summed E-state index contributed by atoms with van der Waals surface area (Å²) in [6.45, 7) is 6.44. The molecule has 0 saturated heterocycles. The first-order valence-corrected chi connectivity index (χ1v) is 6.84. The minimum Gasteiger partial charge on any atom is -0.396 e. The minimum atomic E-state index is -0.299. The number of hydrogen-bond donors (Lipinski definition) is 1. The van der Waals surface area contributed by atoms with Gasteiger partial charge in [-0.25, -0.2) is 4.39 Å². The molecule has 0 bridgehead atoms. The fourth-order valence-corrected chi connectivity index (χ4v) is 2.16. The van der Waals surface area contributed by atoms with Crippen LogP contribution in [0, 0.1) is 11.7 Å². The lowest BCUT2D eigenvalue weighted by molar-refractivity contribution is 0.239. The Morgan fingerprint density at radius 1 is 1.39 bits per heavy atom. The van der Waals surface area contributed by atoms with Gasteiger partial charge in [-0.2, -0.15) is 0 Å². The fourth-order valence-electron chi connectivity index (χ4n) is 2.16. The van der Waals surface area contributed by atoms with Crippen LogP contribution >= 0.6 is 0 Å². The Morgan fingerprint density at radius 2 is 2.11 bits per heavy atom. The molecule has 100 valence electrons. The van der Waals surface area contributed by atoms with E-state index in [1.807, 2.05) is 6.07 Å². The Kier molecular flexibility index (Phi) is 4.23. The molecule has 2 N–H and O–H groups in total. The zero-order valence-corrected chi connectivity index (χ0v) is 11.3. The number of rotatable bonds is 6. The van der Waals surface area contributed by atoms with Crippen LogP contribution in [0.2, 0.25) is 0 Å². The first kappa shape index (κ1) is 13.3. The van der Waals surface area contributed by atoms with E-state index in [1.165, 1.54) is 19.3 Å². The molecule has 3 heteroatoms. The summed E-state index contributed by atoms with van der Waals surface area (Å²) in [6, 6.07) is 5.88. The largest absolute Gasteiger partial charge is 0.396 e. The van der Waals surface area contributed by atoms with Gasteiger partial charge in [-0.3, -0.25) is 4.90 Å². The summed E-state index contributed by atoms with van der Waals surface area (Å²) in [5.41, 5.74) is 6.76. The van der Waals surface area contributed by atoms with E-state index in [2.05, 4.69) is 18.7 Å². The summed E-state index contributed by atoms with van der Waals surface area (Å²) in [6.07, 6.45) is 3.78. The topological polar surface area (TPSA) is 29.3 Å². The summed E-state index contributed by atoms with van der Waals surface area (Å²) in [4.78, 5) is 2.48. The van der Waals surface area contributed by atoms with Gasteiger partial charge in [-0.15, -0.1) is 0 Å². The molecule has 1 aromatic carbocycles. The van der Waals surface area contributed by atoms with E-state index in [4.69, 9.17) is 5.73 Å². The molecule has 2 rings (SSSR count). The molecule has 2 nitrogen and oxygen atoms in total. The van der Waals surface area contributed by atoms with Crippen LogP contribution in [0.4, 0.5) is 10.1 Å². The van der Waals surface area contributed by atoms with Crippen LogP contribution in [0.25, 0.3) is 0 Å². The molecular weight excluding hydrogens is 227 g/mol. The van der Waals surface area contributed by atoms with Crippen molar-refractivity contribution in [3.05, 3.63) is 29.6 Å². The summed E-state index contributed by atoms with van der Waals surface area (Å²) in [5.74, 6) is 0.418. The molecule has 0 aromatic heterocycles. The zero-order chi connectivity index (χ0) is 13.1. The number of benzene rings is 1. The van der Waals surface area contributed by atoms with Crippen molar-refractivity contribution < 1.29 is 4.39 Å². The first-order chi connectivity index (χ1) is 8.56. The predicted molar refractivity (Wildman–Crippen MR) is 73.7 cm³/mol. The quantitative estimate of drug-likeness (QED) is 0.784. The average Bonchev–Trinajstić information content (AvgIpc) is 3.13. The van der Waals surface area contributed by atoms with Crippen molar-refractivity contribution >= 4 is 5.69 Å². The molecule has 0 amide bonds. The number of hydrogen-bond acceptors (Lipinski definition) is 2. The Hall–Kier alpha value is -1.09. The number of nitrogens with zero attached hydrogens (tertiary/aromatic N) is 1. The van der Waals surface area contributed by atoms with E-state index in [9.17, 15) is 4.39 Å². The summed E-state index contributed by atoms with van der Waals surface area (Å²) < 4.78 is 13.4. The third kappa shape index (κ3) is 3.70. The molecule has 1 fully saturated rings. The number of anilines is 1. The van der Waals surface area contributed by atoms with Gasteiger partial charge in [0.15, 0.2) is 0 Å². The first-order valence-electron chi connectivity index (χ1n) is 6.84. The highest BCUT2D eigenvalue weighted by Gasteiger charge is 2.28. The molecule has 0 aliphatic heterocycles. The van der Waals surface area contributed by atoms with Gasteiger partial charge in [0.05, 0.1) is 5.69 Å². The van der Waals surface area contributed by atoms with Gasteiger partial charge < -0.3 is 5.73 Å². The molecule has 1 aromatic rings. The van der Waals surface area contributed by atoms with Crippen LogP contribution in [0.3, 0.4) is 0 Å². The van der Waals surface area contributed by atoms with Crippen LogP contribution in [0.15, 0.2) is 18.2 Å².